The fourth-order valence-corrected chi connectivity index (χ4v) is 3.43. The maximum absolute atomic E-state index is 3.64. The molecule has 1 aliphatic carbocycles. The predicted octanol–water partition coefficient (Wildman–Crippen LogP) is 4.50. The Labute approximate surface area is 119 Å². The van der Waals surface area contributed by atoms with Crippen LogP contribution in [0.5, 0.6) is 0 Å². The second-order valence-corrected chi connectivity index (χ2v) is 6.92. The summed E-state index contributed by atoms with van der Waals surface area (Å²) in [7, 11) is 0. The highest BCUT2D eigenvalue weighted by Gasteiger charge is 2.44. The summed E-state index contributed by atoms with van der Waals surface area (Å²) in [5, 5.41) is 3.64. The highest BCUT2D eigenvalue weighted by atomic mass is 79.9. The average molecular weight is 310 g/mol. The van der Waals surface area contributed by atoms with Crippen LogP contribution in [0.25, 0.3) is 0 Å². The van der Waals surface area contributed by atoms with Crippen LogP contribution in [-0.2, 0) is 5.41 Å². The zero-order chi connectivity index (χ0) is 13.2. The van der Waals surface area contributed by atoms with Gasteiger partial charge in [-0.1, -0.05) is 55.3 Å². The highest BCUT2D eigenvalue weighted by molar-refractivity contribution is 9.10. The first-order valence-electron chi connectivity index (χ1n) is 7.05. The minimum atomic E-state index is 0.370. The van der Waals surface area contributed by atoms with Crippen molar-refractivity contribution in [3.05, 3.63) is 34.3 Å². The van der Waals surface area contributed by atoms with E-state index in [1.807, 2.05) is 0 Å². The van der Waals surface area contributed by atoms with Gasteiger partial charge in [-0.2, -0.15) is 0 Å². The van der Waals surface area contributed by atoms with Gasteiger partial charge < -0.3 is 5.32 Å². The van der Waals surface area contributed by atoms with Crippen LogP contribution in [-0.4, -0.2) is 12.6 Å². The van der Waals surface area contributed by atoms with Crippen molar-refractivity contribution in [2.75, 3.05) is 6.54 Å². The monoisotopic (exact) mass is 309 g/mol. The van der Waals surface area contributed by atoms with E-state index in [0.29, 0.717) is 11.5 Å². The molecule has 1 N–H and O–H groups in total. The average Bonchev–Trinajstić information content (AvgIpc) is 2.27. The third-order valence-electron chi connectivity index (χ3n) is 4.22. The van der Waals surface area contributed by atoms with E-state index in [-0.39, 0.29) is 0 Å². The standard InChI is InChI=1S/C16H24BrN/c1-4-13-9-16(10-13,11-18-12(2)3)14-6-5-7-15(17)8-14/h5-8,12-13,18H,4,9-11H2,1-3H3. The zero-order valence-electron chi connectivity index (χ0n) is 11.7. The molecule has 18 heavy (non-hydrogen) atoms. The van der Waals surface area contributed by atoms with Crippen molar-refractivity contribution in [2.45, 2.75) is 51.5 Å². The van der Waals surface area contributed by atoms with Gasteiger partial charge in [-0.3, -0.25) is 0 Å². The highest BCUT2D eigenvalue weighted by Crippen LogP contribution is 2.49. The molecule has 1 fully saturated rings. The van der Waals surface area contributed by atoms with E-state index in [0.717, 1.165) is 12.5 Å². The van der Waals surface area contributed by atoms with Gasteiger partial charge in [-0.15, -0.1) is 0 Å². The van der Waals surface area contributed by atoms with Crippen molar-refractivity contribution in [1.29, 1.82) is 0 Å². The van der Waals surface area contributed by atoms with Crippen molar-refractivity contribution in [1.82, 2.24) is 5.32 Å². The Balaban J connectivity index is 2.15. The molecule has 0 heterocycles. The van der Waals surface area contributed by atoms with E-state index < -0.39 is 0 Å². The fourth-order valence-electron chi connectivity index (χ4n) is 3.03. The van der Waals surface area contributed by atoms with Crippen LogP contribution < -0.4 is 5.32 Å². The number of rotatable bonds is 5. The molecule has 1 saturated carbocycles. The van der Waals surface area contributed by atoms with Gasteiger partial charge in [0.15, 0.2) is 0 Å². The molecule has 0 bridgehead atoms. The van der Waals surface area contributed by atoms with Crippen LogP contribution >= 0.6 is 15.9 Å². The van der Waals surface area contributed by atoms with Crippen molar-refractivity contribution in [3.63, 3.8) is 0 Å². The van der Waals surface area contributed by atoms with Crippen molar-refractivity contribution >= 4 is 15.9 Å². The summed E-state index contributed by atoms with van der Waals surface area (Å²) in [6.45, 7) is 7.87. The van der Waals surface area contributed by atoms with Crippen LogP contribution in [0.1, 0.15) is 45.6 Å². The van der Waals surface area contributed by atoms with E-state index in [1.54, 1.807) is 0 Å². The Bertz CT molecular complexity index is 394. The summed E-state index contributed by atoms with van der Waals surface area (Å²) >= 11 is 3.60. The molecular formula is C16H24BrN. The molecule has 0 unspecified atom stereocenters. The van der Waals surface area contributed by atoms with Gasteiger partial charge in [0.25, 0.3) is 0 Å². The first-order chi connectivity index (χ1) is 8.55. The topological polar surface area (TPSA) is 12.0 Å². The molecule has 0 saturated heterocycles. The second kappa shape index (κ2) is 5.75. The lowest BCUT2D eigenvalue weighted by Gasteiger charge is -2.49. The molecule has 0 amide bonds. The smallest absolute Gasteiger partial charge is 0.0178 e. The molecule has 100 valence electrons. The molecule has 1 nitrogen and oxygen atoms in total. The van der Waals surface area contributed by atoms with Crippen LogP contribution in [0.15, 0.2) is 28.7 Å². The van der Waals surface area contributed by atoms with Crippen molar-refractivity contribution < 1.29 is 0 Å². The molecule has 1 aromatic rings. The SMILES string of the molecule is CCC1CC(CNC(C)C)(c2cccc(Br)c2)C1. The second-order valence-electron chi connectivity index (χ2n) is 6.01. The summed E-state index contributed by atoms with van der Waals surface area (Å²) in [5.41, 5.74) is 1.86. The zero-order valence-corrected chi connectivity index (χ0v) is 13.3. The lowest BCUT2D eigenvalue weighted by Crippen LogP contribution is -2.49. The molecule has 1 aromatic carbocycles. The van der Waals surface area contributed by atoms with Crippen LogP contribution in [0, 0.1) is 5.92 Å². The normalized spacial score (nSPS) is 27.3. The van der Waals surface area contributed by atoms with Gasteiger partial charge in [-0.05, 0) is 36.5 Å². The van der Waals surface area contributed by atoms with Crippen LogP contribution in [0.3, 0.4) is 0 Å². The molecule has 0 atom stereocenters. The Hall–Kier alpha value is -0.340. The molecule has 0 radical (unpaired) electrons. The molecule has 2 heteroatoms. The molecule has 2 rings (SSSR count). The van der Waals surface area contributed by atoms with Gasteiger partial charge in [-0.25, -0.2) is 0 Å². The Morgan fingerprint density at radius 2 is 2.11 bits per heavy atom. The fraction of sp³-hybridized carbons (Fsp3) is 0.625. The molecular weight excluding hydrogens is 286 g/mol. The van der Waals surface area contributed by atoms with Gasteiger partial charge in [0, 0.05) is 22.5 Å². The summed E-state index contributed by atoms with van der Waals surface area (Å²) in [6.07, 6.45) is 3.98. The van der Waals surface area contributed by atoms with Crippen molar-refractivity contribution in [2.24, 2.45) is 5.92 Å². The first kappa shape index (κ1) is 14.1. The van der Waals surface area contributed by atoms with Gasteiger partial charge in [0.1, 0.15) is 0 Å². The number of benzene rings is 1. The number of hydrogen-bond acceptors (Lipinski definition) is 1. The number of nitrogens with one attached hydrogen (secondary N) is 1. The minimum absolute atomic E-state index is 0.370. The lowest BCUT2D eigenvalue weighted by molar-refractivity contribution is 0.131. The van der Waals surface area contributed by atoms with Crippen LogP contribution in [0.4, 0.5) is 0 Å². The quantitative estimate of drug-likeness (QED) is 0.844. The maximum Gasteiger partial charge on any atom is 0.0178 e. The number of halogens is 1. The summed E-state index contributed by atoms with van der Waals surface area (Å²) in [5.74, 6) is 0.915. The van der Waals surface area contributed by atoms with Crippen molar-refractivity contribution in [3.8, 4) is 0 Å². The number of hydrogen-bond donors (Lipinski definition) is 1. The van der Waals surface area contributed by atoms with E-state index >= 15 is 0 Å². The van der Waals surface area contributed by atoms with E-state index in [9.17, 15) is 0 Å². The van der Waals surface area contributed by atoms with Gasteiger partial charge >= 0.3 is 0 Å². The largest absolute Gasteiger partial charge is 0.314 e. The molecule has 0 aromatic heterocycles. The summed E-state index contributed by atoms with van der Waals surface area (Å²) in [4.78, 5) is 0. The lowest BCUT2D eigenvalue weighted by atomic mass is 9.58. The maximum atomic E-state index is 3.64. The predicted molar refractivity (Wildman–Crippen MR) is 82.0 cm³/mol. The van der Waals surface area contributed by atoms with E-state index in [2.05, 4.69) is 66.3 Å². The first-order valence-corrected chi connectivity index (χ1v) is 7.84. The van der Waals surface area contributed by atoms with E-state index in [1.165, 1.54) is 29.3 Å². The van der Waals surface area contributed by atoms with Gasteiger partial charge in [0.05, 0.1) is 0 Å². The third-order valence-corrected chi connectivity index (χ3v) is 4.72. The van der Waals surface area contributed by atoms with E-state index in [4.69, 9.17) is 0 Å². The summed E-state index contributed by atoms with van der Waals surface area (Å²) < 4.78 is 1.20. The third kappa shape index (κ3) is 2.97. The van der Waals surface area contributed by atoms with Gasteiger partial charge in [0.2, 0.25) is 0 Å². The molecule has 0 aliphatic heterocycles. The minimum Gasteiger partial charge on any atom is -0.314 e. The Morgan fingerprint density at radius 1 is 1.39 bits per heavy atom. The molecule has 1 aliphatic rings. The Kier molecular flexibility index (Phi) is 4.50. The Morgan fingerprint density at radius 3 is 2.67 bits per heavy atom. The molecule has 0 spiro atoms. The van der Waals surface area contributed by atoms with Crippen LogP contribution in [0.2, 0.25) is 0 Å². The summed E-state index contributed by atoms with van der Waals surface area (Å²) in [6, 6.07) is 9.43.